The number of aromatic nitrogens is 2. The van der Waals surface area contributed by atoms with E-state index in [9.17, 15) is 18.0 Å². The fraction of sp³-hybridized carbons (Fsp3) is 0.727. The van der Waals surface area contributed by atoms with Crippen LogP contribution in [0.1, 0.15) is 27.7 Å². The lowest BCUT2D eigenvalue weighted by Crippen LogP contribution is -2.44. The van der Waals surface area contributed by atoms with E-state index in [0.717, 1.165) is 23.1 Å². The van der Waals surface area contributed by atoms with Crippen molar-refractivity contribution in [3.05, 3.63) is 0 Å². The van der Waals surface area contributed by atoms with E-state index in [1.54, 1.807) is 6.92 Å². The number of nitrogens with one attached hydrogen (secondary N) is 2. The van der Waals surface area contributed by atoms with Gasteiger partial charge < -0.3 is 10.6 Å². The summed E-state index contributed by atoms with van der Waals surface area (Å²) in [6.07, 6.45) is -4.31. The molecule has 1 amide bonds. The zero-order valence-electron chi connectivity index (χ0n) is 12.0. The van der Waals surface area contributed by atoms with Gasteiger partial charge in [0.25, 0.3) is 0 Å². The zero-order valence-corrected chi connectivity index (χ0v) is 13.7. The van der Waals surface area contributed by atoms with Crippen molar-refractivity contribution in [1.29, 1.82) is 0 Å². The zero-order chi connectivity index (χ0) is 16.3. The molecule has 0 fully saturated rings. The van der Waals surface area contributed by atoms with Crippen LogP contribution in [0.4, 0.5) is 18.3 Å². The summed E-state index contributed by atoms with van der Waals surface area (Å²) in [4.78, 5) is 11.9. The Morgan fingerprint density at radius 2 is 1.95 bits per heavy atom. The number of anilines is 1. The quantitative estimate of drug-likeness (QED) is 0.806. The molecule has 0 aromatic carbocycles. The monoisotopic (exact) mass is 342 g/mol. The van der Waals surface area contributed by atoms with E-state index < -0.39 is 18.0 Å². The van der Waals surface area contributed by atoms with Crippen LogP contribution in [0.15, 0.2) is 4.34 Å². The van der Waals surface area contributed by atoms with Gasteiger partial charge in [0.1, 0.15) is 6.54 Å². The van der Waals surface area contributed by atoms with E-state index in [0.29, 0.717) is 4.34 Å². The molecule has 1 atom stereocenters. The third-order valence-electron chi connectivity index (χ3n) is 1.99. The smallest absolute Gasteiger partial charge is 0.351 e. The molecular formula is C11H17F3N4OS2. The minimum absolute atomic E-state index is 0.0817. The number of hydrogen-bond donors (Lipinski definition) is 2. The minimum Gasteiger partial charge on any atom is -0.351 e. The molecule has 1 rings (SSSR count). The summed E-state index contributed by atoms with van der Waals surface area (Å²) >= 11 is 2.15. The lowest BCUT2D eigenvalue weighted by Gasteiger charge is -2.22. The first-order valence-corrected chi connectivity index (χ1v) is 7.79. The first-order chi connectivity index (χ1) is 9.46. The maximum atomic E-state index is 12.1. The number of thioether (sulfide) groups is 1. The second-order valence-corrected chi connectivity index (χ2v) is 7.91. The fourth-order valence-corrected chi connectivity index (χ4v) is 3.07. The minimum atomic E-state index is -4.31. The van der Waals surface area contributed by atoms with Gasteiger partial charge in [-0.05, 0) is 27.7 Å². The molecule has 1 aromatic rings. The van der Waals surface area contributed by atoms with Gasteiger partial charge in [0, 0.05) is 5.54 Å². The summed E-state index contributed by atoms with van der Waals surface area (Å²) < 4.78 is 36.6. The summed E-state index contributed by atoms with van der Waals surface area (Å²) in [7, 11) is 0. The largest absolute Gasteiger partial charge is 0.405 e. The highest BCUT2D eigenvalue weighted by Crippen LogP contribution is 2.29. The molecule has 0 spiro atoms. The normalized spacial score (nSPS) is 13.9. The van der Waals surface area contributed by atoms with Crippen LogP contribution in [0.2, 0.25) is 0 Å². The average molecular weight is 342 g/mol. The first-order valence-electron chi connectivity index (χ1n) is 6.09. The molecule has 1 aromatic heterocycles. The van der Waals surface area contributed by atoms with E-state index in [1.165, 1.54) is 0 Å². The summed E-state index contributed by atoms with van der Waals surface area (Å²) in [5, 5.41) is 12.0. The van der Waals surface area contributed by atoms with Gasteiger partial charge in [-0.1, -0.05) is 23.1 Å². The molecule has 5 nitrogen and oxygen atoms in total. The molecule has 0 aliphatic carbocycles. The van der Waals surface area contributed by atoms with E-state index >= 15 is 0 Å². The molecule has 0 aliphatic rings. The van der Waals surface area contributed by atoms with Gasteiger partial charge in [-0.3, -0.25) is 4.79 Å². The maximum absolute atomic E-state index is 12.1. The summed E-state index contributed by atoms with van der Waals surface area (Å²) in [6, 6.07) is 0. The van der Waals surface area contributed by atoms with E-state index in [2.05, 4.69) is 20.8 Å². The van der Waals surface area contributed by atoms with Crippen molar-refractivity contribution in [2.45, 2.75) is 49.0 Å². The molecule has 0 unspecified atom stereocenters. The number of halogens is 3. The Morgan fingerprint density at radius 3 is 2.48 bits per heavy atom. The van der Waals surface area contributed by atoms with Crippen LogP contribution in [0.5, 0.6) is 0 Å². The van der Waals surface area contributed by atoms with Gasteiger partial charge in [0.2, 0.25) is 11.0 Å². The summed E-state index contributed by atoms with van der Waals surface area (Å²) in [6.45, 7) is 6.15. The Hall–Kier alpha value is -1.03. The standard InChI is InChI=1S/C11H17F3N4OS2/c1-6(7(19)16-10(2,3)4)20-9-18-17-8(21-9)15-5-11(12,13)14/h6H,5H2,1-4H3,(H,15,17)(H,16,19)/t6-/m1/s1. The molecule has 2 N–H and O–H groups in total. The van der Waals surface area contributed by atoms with Crippen LogP contribution >= 0.6 is 23.1 Å². The second-order valence-electron chi connectivity index (χ2n) is 5.34. The number of carbonyl (C=O) groups is 1. The first kappa shape index (κ1) is 18.0. The number of nitrogens with zero attached hydrogens (tertiary/aromatic N) is 2. The molecular weight excluding hydrogens is 325 g/mol. The van der Waals surface area contributed by atoms with Crippen molar-refractivity contribution in [3.8, 4) is 0 Å². The van der Waals surface area contributed by atoms with E-state index in [4.69, 9.17) is 0 Å². The lowest BCUT2D eigenvalue weighted by molar-refractivity contribution is -0.121. The van der Waals surface area contributed by atoms with Crippen molar-refractivity contribution >= 4 is 34.1 Å². The Bertz CT molecular complexity index is 485. The molecule has 0 aliphatic heterocycles. The van der Waals surface area contributed by atoms with Crippen molar-refractivity contribution in [1.82, 2.24) is 15.5 Å². The Labute approximate surface area is 129 Å². The van der Waals surface area contributed by atoms with Crippen LogP contribution in [-0.4, -0.2) is 39.6 Å². The van der Waals surface area contributed by atoms with Crippen LogP contribution in [0, 0.1) is 0 Å². The van der Waals surface area contributed by atoms with Crippen LogP contribution in [0.25, 0.3) is 0 Å². The predicted molar refractivity (Wildman–Crippen MR) is 77.7 cm³/mol. The molecule has 0 radical (unpaired) electrons. The molecule has 10 heteroatoms. The molecule has 1 heterocycles. The number of carbonyl (C=O) groups excluding carboxylic acids is 1. The van der Waals surface area contributed by atoms with Gasteiger partial charge in [0.05, 0.1) is 5.25 Å². The average Bonchev–Trinajstić information content (AvgIpc) is 2.71. The van der Waals surface area contributed by atoms with Crippen LogP contribution < -0.4 is 10.6 Å². The summed E-state index contributed by atoms with van der Waals surface area (Å²) in [5.74, 6) is -0.160. The van der Waals surface area contributed by atoms with Crippen molar-refractivity contribution in [2.75, 3.05) is 11.9 Å². The van der Waals surface area contributed by atoms with Crippen LogP contribution in [-0.2, 0) is 4.79 Å². The lowest BCUT2D eigenvalue weighted by atomic mass is 10.1. The number of rotatable bonds is 5. The highest BCUT2D eigenvalue weighted by atomic mass is 32.2. The van der Waals surface area contributed by atoms with Gasteiger partial charge >= 0.3 is 6.18 Å². The van der Waals surface area contributed by atoms with Gasteiger partial charge in [-0.15, -0.1) is 10.2 Å². The predicted octanol–water partition coefficient (Wildman–Crippen LogP) is 2.91. The van der Waals surface area contributed by atoms with Gasteiger partial charge in [-0.25, -0.2) is 0 Å². The molecule has 0 saturated carbocycles. The summed E-state index contributed by atoms with van der Waals surface area (Å²) in [5.41, 5.74) is -0.341. The SMILES string of the molecule is C[C@@H](Sc1nnc(NCC(F)(F)F)s1)C(=O)NC(C)(C)C. The Morgan fingerprint density at radius 1 is 1.33 bits per heavy atom. The highest BCUT2D eigenvalue weighted by molar-refractivity contribution is 8.02. The molecule has 0 saturated heterocycles. The molecule has 120 valence electrons. The maximum Gasteiger partial charge on any atom is 0.405 e. The fourth-order valence-electron chi connectivity index (χ4n) is 1.18. The molecule has 21 heavy (non-hydrogen) atoms. The van der Waals surface area contributed by atoms with Gasteiger partial charge in [0.15, 0.2) is 4.34 Å². The highest BCUT2D eigenvalue weighted by Gasteiger charge is 2.27. The van der Waals surface area contributed by atoms with Crippen molar-refractivity contribution in [2.24, 2.45) is 0 Å². The second kappa shape index (κ2) is 6.82. The number of hydrogen-bond acceptors (Lipinski definition) is 6. The Balaban J connectivity index is 2.52. The molecule has 0 bridgehead atoms. The third-order valence-corrected chi connectivity index (χ3v) is 4.06. The Kier molecular flexibility index (Phi) is 5.85. The number of amides is 1. The number of alkyl halides is 3. The van der Waals surface area contributed by atoms with Crippen LogP contribution in [0.3, 0.4) is 0 Å². The van der Waals surface area contributed by atoms with E-state index in [-0.39, 0.29) is 16.6 Å². The van der Waals surface area contributed by atoms with Crippen molar-refractivity contribution in [3.63, 3.8) is 0 Å². The topological polar surface area (TPSA) is 66.9 Å². The van der Waals surface area contributed by atoms with Crippen molar-refractivity contribution < 1.29 is 18.0 Å². The van der Waals surface area contributed by atoms with E-state index in [1.807, 2.05) is 20.8 Å². The third kappa shape index (κ3) is 7.51. The van der Waals surface area contributed by atoms with Gasteiger partial charge in [-0.2, -0.15) is 13.2 Å².